The maximum Gasteiger partial charge on any atom is 0.299 e. The quantitative estimate of drug-likeness (QED) is 0.808. The van der Waals surface area contributed by atoms with Gasteiger partial charge in [0.05, 0.1) is 17.8 Å². The van der Waals surface area contributed by atoms with E-state index in [-0.39, 0.29) is 0 Å². The Morgan fingerprint density at radius 2 is 2.00 bits per heavy atom. The van der Waals surface area contributed by atoms with Crippen LogP contribution in [0.1, 0.15) is 35.6 Å². The molecule has 0 unspecified atom stereocenters. The summed E-state index contributed by atoms with van der Waals surface area (Å²) in [6.45, 7) is 5.15. The second kappa shape index (κ2) is 5.16. The third-order valence-corrected chi connectivity index (χ3v) is 3.89. The van der Waals surface area contributed by atoms with Gasteiger partial charge in [0.2, 0.25) is 0 Å². The van der Waals surface area contributed by atoms with E-state index in [2.05, 4.69) is 4.98 Å². The highest BCUT2D eigenvalue weighted by Crippen LogP contribution is 2.31. The Hall–Kier alpha value is -2.43. The molecule has 0 bridgehead atoms. The summed E-state index contributed by atoms with van der Waals surface area (Å²) in [6, 6.07) is 5.64. The molecule has 3 rings (SSSR count). The number of fused-ring (bicyclic) bond motifs is 1. The van der Waals surface area contributed by atoms with E-state index in [1.54, 1.807) is 6.20 Å². The van der Waals surface area contributed by atoms with Gasteiger partial charge in [-0.3, -0.25) is 14.5 Å². The van der Waals surface area contributed by atoms with Crippen molar-refractivity contribution in [1.29, 1.82) is 0 Å². The molecule has 0 saturated carbocycles. The van der Waals surface area contributed by atoms with E-state index in [1.807, 2.05) is 42.8 Å². The van der Waals surface area contributed by atoms with Gasteiger partial charge in [-0.05, 0) is 31.0 Å². The first-order valence-electron chi connectivity index (χ1n) is 7.14. The molecule has 1 aromatic carbocycles. The standard InChI is InChI=1S/C16H17N3O2/c1-3-11-5-6-13-12(9-11)15(20)16(21)19(13)10-14-17-7-8-18(14)4-2/h5-9H,3-4,10H2,1-2H3. The molecule has 1 aliphatic heterocycles. The predicted octanol–water partition coefficient (Wildman–Crippen LogP) is 2.19. The van der Waals surface area contributed by atoms with Crippen LogP contribution in [0.2, 0.25) is 0 Å². The normalized spacial score (nSPS) is 13.9. The summed E-state index contributed by atoms with van der Waals surface area (Å²) in [5.41, 5.74) is 2.26. The summed E-state index contributed by atoms with van der Waals surface area (Å²) >= 11 is 0. The smallest absolute Gasteiger partial charge is 0.299 e. The Morgan fingerprint density at radius 1 is 1.19 bits per heavy atom. The van der Waals surface area contributed by atoms with Gasteiger partial charge in [-0.15, -0.1) is 0 Å². The monoisotopic (exact) mass is 283 g/mol. The van der Waals surface area contributed by atoms with Gasteiger partial charge in [-0.1, -0.05) is 13.0 Å². The number of anilines is 1. The molecule has 0 spiro atoms. The predicted molar refractivity (Wildman–Crippen MR) is 79.2 cm³/mol. The molecule has 1 amide bonds. The van der Waals surface area contributed by atoms with Crippen molar-refractivity contribution in [2.75, 3.05) is 4.90 Å². The lowest BCUT2D eigenvalue weighted by atomic mass is 10.1. The molecule has 0 N–H and O–H groups in total. The number of aromatic nitrogens is 2. The van der Waals surface area contributed by atoms with E-state index in [0.29, 0.717) is 17.8 Å². The number of hydrogen-bond donors (Lipinski definition) is 0. The zero-order valence-corrected chi connectivity index (χ0v) is 12.2. The van der Waals surface area contributed by atoms with Gasteiger partial charge in [-0.2, -0.15) is 0 Å². The van der Waals surface area contributed by atoms with E-state index in [9.17, 15) is 9.59 Å². The number of benzene rings is 1. The number of carbonyl (C=O) groups excluding carboxylic acids is 2. The third-order valence-electron chi connectivity index (χ3n) is 3.89. The topological polar surface area (TPSA) is 55.2 Å². The molecular formula is C16H17N3O2. The van der Waals surface area contributed by atoms with E-state index in [1.165, 1.54) is 4.90 Å². The molecule has 0 fully saturated rings. The van der Waals surface area contributed by atoms with Crippen LogP contribution in [-0.2, 0) is 24.3 Å². The lowest BCUT2D eigenvalue weighted by molar-refractivity contribution is -0.114. The van der Waals surface area contributed by atoms with Crippen molar-refractivity contribution in [3.8, 4) is 0 Å². The van der Waals surface area contributed by atoms with Crippen molar-refractivity contribution in [3.63, 3.8) is 0 Å². The summed E-state index contributed by atoms with van der Waals surface area (Å²) in [7, 11) is 0. The van der Waals surface area contributed by atoms with Gasteiger partial charge in [-0.25, -0.2) is 4.98 Å². The number of Topliss-reactive ketones (excluding diaryl/α,β-unsaturated/α-hetero) is 1. The fourth-order valence-electron chi connectivity index (χ4n) is 2.65. The lowest BCUT2D eigenvalue weighted by Crippen LogP contribution is -2.30. The molecule has 2 aromatic rings. The molecule has 0 radical (unpaired) electrons. The van der Waals surface area contributed by atoms with Crippen molar-refractivity contribution < 1.29 is 9.59 Å². The highest BCUT2D eigenvalue weighted by molar-refractivity contribution is 6.52. The molecule has 1 aliphatic rings. The molecule has 2 heterocycles. The highest BCUT2D eigenvalue weighted by Gasteiger charge is 2.36. The zero-order chi connectivity index (χ0) is 15.0. The molecule has 0 atom stereocenters. The lowest BCUT2D eigenvalue weighted by Gasteiger charge is -2.17. The van der Waals surface area contributed by atoms with Crippen molar-refractivity contribution in [3.05, 3.63) is 47.5 Å². The first kappa shape index (κ1) is 13.5. The number of imidazole rings is 1. The zero-order valence-electron chi connectivity index (χ0n) is 12.2. The Kier molecular flexibility index (Phi) is 3.33. The summed E-state index contributed by atoms with van der Waals surface area (Å²) < 4.78 is 1.97. The number of carbonyl (C=O) groups is 2. The Balaban J connectivity index is 1.98. The summed E-state index contributed by atoms with van der Waals surface area (Å²) in [4.78, 5) is 30.2. The maximum absolute atomic E-state index is 12.2. The number of hydrogen-bond acceptors (Lipinski definition) is 3. The molecule has 21 heavy (non-hydrogen) atoms. The SMILES string of the molecule is CCc1ccc2c(c1)C(=O)C(=O)N2Cc1nccn1CC. The van der Waals surface area contributed by atoms with Crippen molar-refractivity contribution in [2.24, 2.45) is 0 Å². The molecule has 0 saturated heterocycles. The largest absolute Gasteiger partial charge is 0.334 e. The first-order valence-corrected chi connectivity index (χ1v) is 7.14. The Bertz CT molecular complexity index is 718. The van der Waals surface area contributed by atoms with Crippen LogP contribution in [0, 0.1) is 0 Å². The van der Waals surface area contributed by atoms with Gasteiger partial charge in [0.25, 0.3) is 11.7 Å². The third kappa shape index (κ3) is 2.14. The van der Waals surface area contributed by atoms with Crippen LogP contribution < -0.4 is 4.90 Å². The van der Waals surface area contributed by atoms with Crippen LogP contribution in [0.25, 0.3) is 0 Å². The van der Waals surface area contributed by atoms with Crippen molar-refractivity contribution in [2.45, 2.75) is 33.4 Å². The summed E-state index contributed by atoms with van der Waals surface area (Å²) in [5, 5.41) is 0. The van der Waals surface area contributed by atoms with Crippen molar-refractivity contribution >= 4 is 17.4 Å². The highest BCUT2D eigenvalue weighted by atomic mass is 16.2. The summed E-state index contributed by atoms with van der Waals surface area (Å²) in [6.07, 6.45) is 4.43. The van der Waals surface area contributed by atoms with E-state index < -0.39 is 11.7 Å². The van der Waals surface area contributed by atoms with Crippen LogP contribution in [0.15, 0.2) is 30.6 Å². The van der Waals surface area contributed by atoms with Crippen LogP contribution in [0.3, 0.4) is 0 Å². The average molecular weight is 283 g/mol. The molecule has 5 nitrogen and oxygen atoms in total. The number of ketones is 1. The van der Waals surface area contributed by atoms with Gasteiger partial charge >= 0.3 is 0 Å². The number of amides is 1. The second-order valence-electron chi connectivity index (χ2n) is 5.05. The van der Waals surface area contributed by atoms with Crippen LogP contribution in [0.5, 0.6) is 0 Å². The van der Waals surface area contributed by atoms with Gasteiger partial charge in [0.1, 0.15) is 5.82 Å². The molecule has 1 aromatic heterocycles. The maximum atomic E-state index is 12.2. The molecule has 5 heteroatoms. The number of rotatable bonds is 4. The second-order valence-corrected chi connectivity index (χ2v) is 5.05. The number of nitrogens with zero attached hydrogens (tertiary/aromatic N) is 3. The Morgan fingerprint density at radius 3 is 2.71 bits per heavy atom. The van der Waals surface area contributed by atoms with E-state index >= 15 is 0 Å². The fraction of sp³-hybridized carbons (Fsp3) is 0.312. The fourth-order valence-corrected chi connectivity index (χ4v) is 2.65. The molecule has 108 valence electrons. The first-order chi connectivity index (χ1) is 10.2. The van der Waals surface area contributed by atoms with Gasteiger partial charge < -0.3 is 4.57 Å². The number of aryl methyl sites for hydroxylation is 2. The average Bonchev–Trinajstić information content (AvgIpc) is 3.06. The summed E-state index contributed by atoms with van der Waals surface area (Å²) in [5.74, 6) is -0.107. The minimum Gasteiger partial charge on any atom is -0.334 e. The molecule has 0 aliphatic carbocycles. The van der Waals surface area contributed by atoms with Crippen LogP contribution in [-0.4, -0.2) is 21.2 Å². The van der Waals surface area contributed by atoms with Crippen LogP contribution in [0.4, 0.5) is 5.69 Å². The minimum atomic E-state index is -0.469. The van der Waals surface area contributed by atoms with E-state index in [4.69, 9.17) is 0 Å². The van der Waals surface area contributed by atoms with Gasteiger partial charge in [0, 0.05) is 18.9 Å². The van der Waals surface area contributed by atoms with Crippen molar-refractivity contribution in [1.82, 2.24) is 9.55 Å². The van der Waals surface area contributed by atoms with Crippen LogP contribution >= 0.6 is 0 Å². The van der Waals surface area contributed by atoms with Gasteiger partial charge in [0.15, 0.2) is 0 Å². The molecular weight excluding hydrogens is 266 g/mol. The Labute approximate surface area is 123 Å². The minimum absolute atomic E-state index is 0.323. The van der Waals surface area contributed by atoms with E-state index in [0.717, 1.165) is 24.4 Å².